The van der Waals surface area contributed by atoms with E-state index in [9.17, 15) is 14.7 Å². The Labute approximate surface area is 177 Å². The maximum Gasteiger partial charge on any atom is 0.336 e. The fourth-order valence-corrected chi connectivity index (χ4v) is 3.51. The highest BCUT2D eigenvalue weighted by Crippen LogP contribution is 2.30. The summed E-state index contributed by atoms with van der Waals surface area (Å²) in [7, 11) is 1.57. The standard InChI is InChI=1S/C24H21NO6/c1-29-18-8-4-15-5-9-21-23(19(15)12-18)16(11-22(27)31-21)13-30-24(28)20(25)10-14-2-6-17(26)7-3-14/h2-9,11-12,20,26H,10,13,25H2,1H3/t20-/m0/s1. The highest BCUT2D eigenvalue weighted by Gasteiger charge is 2.18. The topological polar surface area (TPSA) is 112 Å². The minimum absolute atomic E-state index is 0.124. The number of hydrogen-bond acceptors (Lipinski definition) is 7. The van der Waals surface area contributed by atoms with Gasteiger partial charge in [0.15, 0.2) is 0 Å². The molecule has 158 valence electrons. The summed E-state index contributed by atoms with van der Waals surface area (Å²) in [5, 5.41) is 11.8. The van der Waals surface area contributed by atoms with Crippen molar-refractivity contribution in [2.45, 2.75) is 19.1 Å². The average molecular weight is 419 g/mol. The van der Waals surface area contributed by atoms with Crippen LogP contribution in [0.15, 0.2) is 69.9 Å². The number of phenols is 1. The Morgan fingerprint density at radius 2 is 1.84 bits per heavy atom. The molecular formula is C24H21NO6. The van der Waals surface area contributed by atoms with E-state index in [-0.39, 0.29) is 18.8 Å². The van der Waals surface area contributed by atoms with Crippen molar-refractivity contribution in [3.8, 4) is 11.5 Å². The first-order chi connectivity index (χ1) is 14.9. The Morgan fingerprint density at radius 1 is 1.10 bits per heavy atom. The van der Waals surface area contributed by atoms with Crippen LogP contribution in [0.5, 0.6) is 11.5 Å². The Hall–Kier alpha value is -3.84. The second-order valence-electron chi connectivity index (χ2n) is 7.20. The molecule has 0 radical (unpaired) electrons. The lowest BCUT2D eigenvalue weighted by Gasteiger charge is -2.13. The molecule has 7 heteroatoms. The second kappa shape index (κ2) is 8.49. The molecule has 7 nitrogen and oxygen atoms in total. The van der Waals surface area contributed by atoms with Gasteiger partial charge in [0.05, 0.1) is 7.11 Å². The van der Waals surface area contributed by atoms with Gasteiger partial charge in [-0.2, -0.15) is 0 Å². The van der Waals surface area contributed by atoms with Gasteiger partial charge >= 0.3 is 11.6 Å². The van der Waals surface area contributed by atoms with E-state index in [1.165, 1.54) is 18.2 Å². The number of aromatic hydroxyl groups is 1. The first-order valence-electron chi connectivity index (χ1n) is 9.68. The van der Waals surface area contributed by atoms with Crippen LogP contribution in [-0.2, 0) is 22.6 Å². The third-order valence-corrected chi connectivity index (χ3v) is 5.08. The van der Waals surface area contributed by atoms with E-state index < -0.39 is 17.6 Å². The molecule has 0 aliphatic rings. The smallest absolute Gasteiger partial charge is 0.336 e. The molecule has 3 aromatic carbocycles. The van der Waals surface area contributed by atoms with E-state index in [0.29, 0.717) is 22.3 Å². The maximum absolute atomic E-state index is 12.5. The number of hydrogen-bond donors (Lipinski definition) is 2. The van der Waals surface area contributed by atoms with Crippen LogP contribution in [0.3, 0.4) is 0 Å². The van der Waals surface area contributed by atoms with E-state index in [2.05, 4.69) is 0 Å². The molecule has 1 aromatic heterocycles. The minimum atomic E-state index is -0.882. The number of phenolic OH excluding ortho intramolecular Hbond substituents is 1. The summed E-state index contributed by atoms with van der Waals surface area (Å²) in [5.41, 5.74) is 7.17. The fourth-order valence-electron chi connectivity index (χ4n) is 3.51. The van der Waals surface area contributed by atoms with Crippen molar-refractivity contribution in [2.24, 2.45) is 5.73 Å². The summed E-state index contributed by atoms with van der Waals surface area (Å²) >= 11 is 0. The number of esters is 1. The van der Waals surface area contributed by atoms with Crippen molar-refractivity contribution in [1.29, 1.82) is 0 Å². The molecule has 0 saturated carbocycles. The van der Waals surface area contributed by atoms with Gasteiger partial charge in [0.25, 0.3) is 0 Å². The van der Waals surface area contributed by atoms with Gasteiger partial charge in [-0.1, -0.05) is 24.3 Å². The molecule has 0 amide bonds. The van der Waals surface area contributed by atoms with Crippen molar-refractivity contribution in [3.05, 3.63) is 82.2 Å². The molecule has 0 aliphatic heterocycles. The zero-order valence-corrected chi connectivity index (χ0v) is 16.8. The third-order valence-electron chi connectivity index (χ3n) is 5.08. The van der Waals surface area contributed by atoms with Gasteiger partial charge in [0.1, 0.15) is 29.7 Å². The van der Waals surface area contributed by atoms with Gasteiger partial charge < -0.3 is 24.7 Å². The molecule has 31 heavy (non-hydrogen) atoms. The molecule has 0 spiro atoms. The van der Waals surface area contributed by atoms with Crippen molar-refractivity contribution in [2.75, 3.05) is 7.11 Å². The lowest BCUT2D eigenvalue weighted by atomic mass is 10.0. The third kappa shape index (κ3) is 4.36. The van der Waals surface area contributed by atoms with Gasteiger partial charge in [-0.15, -0.1) is 0 Å². The SMILES string of the molecule is COc1ccc2ccc3oc(=O)cc(COC(=O)[C@@H](N)Cc4ccc(O)cc4)c3c2c1. The number of nitrogens with two attached hydrogens (primary N) is 1. The van der Waals surface area contributed by atoms with Crippen LogP contribution in [0.1, 0.15) is 11.1 Å². The summed E-state index contributed by atoms with van der Waals surface area (Å²) < 4.78 is 16.1. The highest BCUT2D eigenvalue weighted by atomic mass is 16.5. The van der Waals surface area contributed by atoms with Gasteiger partial charge in [-0.25, -0.2) is 4.79 Å². The summed E-state index contributed by atoms with van der Waals surface area (Å²) in [6.07, 6.45) is 0.261. The van der Waals surface area contributed by atoms with Crippen LogP contribution < -0.4 is 16.1 Å². The quantitative estimate of drug-likeness (QED) is 0.280. The van der Waals surface area contributed by atoms with Crippen molar-refractivity contribution in [1.82, 2.24) is 0 Å². The second-order valence-corrected chi connectivity index (χ2v) is 7.20. The number of carbonyl (C=O) groups excluding carboxylic acids is 1. The van der Waals surface area contributed by atoms with Crippen LogP contribution in [-0.4, -0.2) is 24.2 Å². The van der Waals surface area contributed by atoms with Crippen molar-refractivity contribution < 1.29 is 23.8 Å². The lowest BCUT2D eigenvalue weighted by molar-refractivity contribution is -0.146. The molecule has 3 N–H and O–H groups in total. The number of fused-ring (bicyclic) bond motifs is 3. The largest absolute Gasteiger partial charge is 0.508 e. The molecule has 1 atom stereocenters. The molecular weight excluding hydrogens is 398 g/mol. The summed E-state index contributed by atoms with van der Waals surface area (Å²) in [6.45, 7) is -0.124. The Bertz CT molecular complexity index is 1310. The van der Waals surface area contributed by atoms with E-state index in [1.807, 2.05) is 24.3 Å². The zero-order chi connectivity index (χ0) is 22.0. The molecule has 0 unspecified atom stereocenters. The number of methoxy groups -OCH3 is 1. The van der Waals surface area contributed by atoms with E-state index >= 15 is 0 Å². The number of benzene rings is 3. The highest BCUT2D eigenvalue weighted by molar-refractivity contribution is 6.07. The maximum atomic E-state index is 12.5. The monoisotopic (exact) mass is 419 g/mol. The predicted octanol–water partition coefficient (Wildman–Crippen LogP) is 3.27. The molecule has 4 aromatic rings. The minimum Gasteiger partial charge on any atom is -0.508 e. The van der Waals surface area contributed by atoms with Crippen molar-refractivity contribution in [3.63, 3.8) is 0 Å². The number of ether oxygens (including phenoxy) is 2. The van der Waals surface area contributed by atoms with Crippen LogP contribution in [0.4, 0.5) is 0 Å². The van der Waals surface area contributed by atoms with Crippen LogP contribution in [0.25, 0.3) is 21.7 Å². The predicted molar refractivity (Wildman–Crippen MR) is 116 cm³/mol. The van der Waals surface area contributed by atoms with Crippen LogP contribution in [0, 0.1) is 0 Å². The van der Waals surface area contributed by atoms with Gasteiger partial charge in [0.2, 0.25) is 0 Å². The van der Waals surface area contributed by atoms with Crippen LogP contribution in [0.2, 0.25) is 0 Å². The van der Waals surface area contributed by atoms with Gasteiger partial charge in [0, 0.05) is 17.0 Å². The molecule has 0 aliphatic carbocycles. The molecule has 4 rings (SSSR count). The molecule has 0 fully saturated rings. The first-order valence-corrected chi connectivity index (χ1v) is 9.68. The molecule has 0 saturated heterocycles. The normalized spacial score (nSPS) is 12.1. The Balaban J connectivity index is 1.61. The van der Waals surface area contributed by atoms with E-state index in [4.69, 9.17) is 19.6 Å². The van der Waals surface area contributed by atoms with Crippen molar-refractivity contribution >= 4 is 27.7 Å². The molecule has 0 bridgehead atoms. The summed E-state index contributed by atoms with van der Waals surface area (Å²) in [4.78, 5) is 24.5. The van der Waals surface area contributed by atoms with Gasteiger partial charge in [-0.3, -0.25) is 4.79 Å². The first kappa shape index (κ1) is 20.4. The zero-order valence-electron chi connectivity index (χ0n) is 16.8. The summed E-state index contributed by atoms with van der Waals surface area (Å²) in [6, 6.07) is 16.0. The molecule has 1 heterocycles. The average Bonchev–Trinajstić information content (AvgIpc) is 2.77. The van der Waals surface area contributed by atoms with E-state index in [0.717, 1.165) is 16.3 Å². The Morgan fingerprint density at radius 3 is 2.58 bits per heavy atom. The van der Waals surface area contributed by atoms with Crippen LogP contribution >= 0.6 is 0 Å². The Kier molecular flexibility index (Phi) is 5.60. The lowest BCUT2D eigenvalue weighted by Crippen LogP contribution is -2.34. The summed E-state index contributed by atoms with van der Waals surface area (Å²) in [5.74, 6) is 0.205. The van der Waals surface area contributed by atoms with Gasteiger partial charge in [-0.05, 0) is 53.1 Å². The number of carbonyl (C=O) groups is 1. The fraction of sp³-hybridized carbons (Fsp3) is 0.167. The van der Waals surface area contributed by atoms with E-state index in [1.54, 1.807) is 25.3 Å². The number of rotatable bonds is 6.